The van der Waals surface area contributed by atoms with Crippen molar-refractivity contribution >= 4 is 8.32 Å². The molecule has 0 aromatic heterocycles. The van der Waals surface area contributed by atoms with Crippen molar-refractivity contribution in [2.75, 3.05) is 14.2 Å². The van der Waals surface area contributed by atoms with E-state index in [1.807, 2.05) is 32.0 Å². The summed E-state index contributed by atoms with van der Waals surface area (Å²) in [4.78, 5) is 0. The Hall–Kier alpha value is -1.12. The summed E-state index contributed by atoms with van der Waals surface area (Å²) in [7, 11) is 1.12. The second kappa shape index (κ2) is 7.23. The van der Waals surface area contributed by atoms with Crippen LogP contribution in [0.15, 0.2) is 18.2 Å². The van der Waals surface area contributed by atoms with Crippen LogP contribution in [0.2, 0.25) is 18.1 Å². The van der Waals surface area contributed by atoms with E-state index in [4.69, 9.17) is 23.4 Å². The number of rotatable bonds is 5. The molecule has 1 N–H and O–H groups in total. The summed E-state index contributed by atoms with van der Waals surface area (Å²) >= 11 is 0. The molecule has 1 aromatic carbocycles. The fourth-order valence-electron chi connectivity index (χ4n) is 4.02. The maximum Gasteiger partial charge on any atom is 0.192 e. The van der Waals surface area contributed by atoms with Crippen LogP contribution < -0.4 is 9.47 Å². The maximum atomic E-state index is 11.9. The summed E-state index contributed by atoms with van der Waals surface area (Å²) < 4.78 is 29.9. The Morgan fingerprint density at radius 2 is 1.69 bits per heavy atom. The SMILES string of the molecule is COc1ccc([C@@]2(O)C[C@@H](O[Si](C)(C)C(C)(C)C)[C@@H]3OC(C)(C)O[C@@H]32)cc1OC. The molecule has 3 rings (SSSR count). The molecule has 1 saturated heterocycles. The van der Waals surface area contributed by atoms with Crippen LogP contribution in [0.25, 0.3) is 0 Å². The fourth-order valence-corrected chi connectivity index (χ4v) is 5.35. The van der Waals surface area contributed by atoms with Crippen LogP contribution in [-0.2, 0) is 19.5 Å². The molecule has 164 valence electrons. The zero-order chi connectivity index (χ0) is 21.8. The van der Waals surface area contributed by atoms with Crippen molar-refractivity contribution in [3.63, 3.8) is 0 Å². The van der Waals surface area contributed by atoms with Crippen molar-refractivity contribution in [3.8, 4) is 11.5 Å². The molecular formula is C22H36O6Si. The molecule has 2 fully saturated rings. The van der Waals surface area contributed by atoms with Crippen LogP contribution in [0, 0.1) is 0 Å². The van der Waals surface area contributed by atoms with Crippen molar-refractivity contribution < 1.29 is 28.5 Å². The molecule has 29 heavy (non-hydrogen) atoms. The molecule has 1 aliphatic heterocycles. The molecule has 0 bridgehead atoms. The van der Waals surface area contributed by atoms with Crippen molar-refractivity contribution in [1.29, 1.82) is 0 Å². The highest BCUT2D eigenvalue weighted by Crippen LogP contribution is 2.52. The molecule has 7 heteroatoms. The Balaban J connectivity index is 1.99. The number of methoxy groups -OCH3 is 2. The third-order valence-corrected chi connectivity index (χ3v) is 11.1. The van der Waals surface area contributed by atoms with Gasteiger partial charge in [0.1, 0.15) is 17.8 Å². The first-order chi connectivity index (χ1) is 13.2. The minimum Gasteiger partial charge on any atom is -0.493 e. The van der Waals surface area contributed by atoms with Gasteiger partial charge in [0.05, 0.1) is 20.3 Å². The van der Waals surface area contributed by atoms with Gasteiger partial charge in [0.2, 0.25) is 0 Å². The molecule has 1 heterocycles. The number of hydrogen-bond acceptors (Lipinski definition) is 6. The zero-order valence-electron chi connectivity index (χ0n) is 19.2. The first-order valence-corrected chi connectivity index (χ1v) is 13.1. The van der Waals surface area contributed by atoms with Gasteiger partial charge in [-0.05, 0) is 49.7 Å². The van der Waals surface area contributed by atoms with E-state index in [9.17, 15) is 5.11 Å². The molecule has 6 nitrogen and oxygen atoms in total. The molecule has 1 aliphatic carbocycles. The fraction of sp³-hybridized carbons (Fsp3) is 0.727. The van der Waals surface area contributed by atoms with E-state index in [1.54, 1.807) is 14.2 Å². The van der Waals surface area contributed by atoms with Crippen LogP contribution in [0.1, 0.15) is 46.6 Å². The highest BCUT2D eigenvalue weighted by molar-refractivity contribution is 6.74. The summed E-state index contributed by atoms with van der Waals surface area (Å²) in [6.45, 7) is 14.8. The predicted molar refractivity (Wildman–Crippen MR) is 114 cm³/mol. The lowest BCUT2D eigenvalue weighted by Gasteiger charge is -2.39. The van der Waals surface area contributed by atoms with Crippen LogP contribution in [0.4, 0.5) is 0 Å². The average Bonchev–Trinajstić information content (AvgIpc) is 3.06. The molecule has 1 saturated carbocycles. The van der Waals surface area contributed by atoms with Gasteiger partial charge >= 0.3 is 0 Å². The van der Waals surface area contributed by atoms with Gasteiger partial charge in [-0.3, -0.25) is 0 Å². The number of hydrogen-bond donors (Lipinski definition) is 1. The Labute approximate surface area is 175 Å². The van der Waals surface area contributed by atoms with Crippen LogP contribution in [0.3, 0.4) is 0 Å². The third kappa shape index (κ3) is 3.95. The third-order valence-electron chi connectivity index (χ3n) is 6.61. The first-order valence-electron chi connectivity index (χ1n) is 10.2. The van der Waals surface area contributed by atoms with Crippen molar-refractivity contribution in [1.82, 2.24) is 0 Å². The van der Waals surface area contributed by atoms with Crippen molar-refractivity contribution in [2.24, 2.45) is 0 Å². The second-order valence-electron chi connectivity index (χ2n) is 10.1. The zero-order valence-corrected chi connectivity index (χ0v) is 20.2. The number of benzene rings is 1. The summed E-state index contributed by atoms with van der Waals surface area (Å²) in [6.07, 6.45) is -0.705. The number of fused-ring (bicyclic) bond motifs is 1. The van der Waals surface area contributed by atoms with Crippen molar-refractivity contribution in [2.45, 2.75) is 88.9 Å². The Morgan fingerprint density at radius 3 is 2.24 bits per heavy atom. The van der Waals surface area contributed by atoms with Crippen LogP contribution in [-0.4, -0.2) is 51.7 Å². The lowest BCUT2D eigenvalue weighted by molar-refractivity contribution is -0.188. The Bertz CT molecular complexity index is 756. The lowest BCUT2D eigenvalue weighted by atomic mass is 9.89. The standard InChI is InChI=1S/C22H36O6Si/c1-20(2,3)29(8,9)28-17-13-22(23,19-18(17)26-21(4,5)27-19)14-10-11-15(24-6)16(12-14)25-7/h10-12,17-19,23H,13H2,1-9H3/t17-,18+,19+,22+/m1/s1. The highest BCUT2D eigenvalue weighted by Gasteiger charge is 2.63. The van der Waals surface area contributed by atoms with Gasteiger partial charge in [-0.15, -0.1) is 0 Å². The van der Waals surface area contributed by atoms with Crippen molar-refractivity contribution in [3.05, 3.63) is 23.8 Å². The minimum absolute atomic E-state index is 0.0571. The van der Waals surface area contributed by atoms with Crippen LogP contribution in [0.5, 0.6) is 11.5 Å². The summed E-state index contributed by atoms with van der Waals surface area (Å²) in [5, 5.41) is 11.9. The second-order valence-corrected chi connectivity index (χ2v) is 14.9. The van der Waals surface area contributed by atoms with Gasteiger partial charge in [0.15, 0.2) is 25.6 Å². The summed E-state index contributed by atoms with van der Waals surface area (Å²) in [5.41, 5.74) is -0.529. The molecule has 0 unspecified atom stereocenters. The molecule has 4 atom stereocenters. The Morgan fingerprint density at radius 1 is 1.07 bits per heavy atom. The molecule has 2 aliphatic rings. The van der Waals surface area contributed by atoms with Gasteiger partial charge in [0.25, 0.3) is 0 Å². The smallest absolute Gasteiger partial charge is 0.192 e. The largest absolute Gasteiger partial charge is 0.493 e. The molecule has 0 amide bonds. The van der Waals surface area contributed by atoms with E-state index in [-0.39, 0.29) is 17.2 Å². The number of aliphatic hydroxyl groups is 1. The first kappa shape index (κ1) is 22.6. The monoisotopic (exact) mass is 424 g/mol. The summed E-state index contributed by atoms with van der Waals surface area (Å²) in [5.74, 6) is 0.407. The normalized spacial score (nSPS) is 31.6. The van der Waals surface area contributed by atoms with Crippen LogP contribution >= 0.6 is 0 Å². The average molecular weight is 425 g/mol. The summed E-state index contributed by atoms with van der Waals surface area (Å²) in [6, 6.07) is 5.49. The highest BCUT2D eigenvalue weighted by atomic mass is 28.4. The molecular weight excluding hydrogens is 388 g/mol. The van der Waals surface area contributed by atoms with E-state index < -0.39 is 25.8 Å². The van der Waals surface area contributed by atoms with Gasteiger partial charge in [-0.1, -0.05) is 26.8 Å². The quantitative estimate of drug-likeness (QED) is 0.715. The predicted octanol–water partition coefficient (Wildman–Crippen LogP) is 4.21. The number of ether oxygens (including phenoxy) is 4. The van der Waals surface area contributed by atoms with E-state index in [2.05, 4.69) is 33.9 Å². The van der Waals surface area contributed by atoms with E-state index in [1.165, 1.54) is 0 Å². The molecule has 1 aromatic rings. The van der Waals surface area contributed by atoms with E-state index in [0.29, 0.717) is 23.5 Å². The lowest BCUT2D eigenvalue weighted by Crippen LogP contribution is -2.46. The Kier molecular flexibility index (Phi) is 5.63. The van der Waals surface area contributed by atoms with E-state index in [0.717, 1.165) is 0 Å². The maximum absolute atomic E-state index is 11.9. The topological polar surface area (TPSA) is 66.4 Å². The van der Waals surface area contributed by atoms with Gasteiger partial charge in [0, 0.05) is 6.42 Å². The minimum atomic E-state index is -2.06. The van der Waals surface area contributed by atoms with Gasteiger partial charge in [-0.2, -0.15) is 0 Å². The van der Waals surface area contributed by atoms with Gasteiger partial charge in [-0.25, -0.2) is 0 Å². The van der Waals surface area contributed by atoms with E-state index >= 15 is 0 Å². The molecule has 0 radical (unpaired) electrons. The van der Waals surface area contributed by atoms with Gasteiger partial charge < -0.3 is 28.5 Å². The molecule has 0 spiro atoms.